The molecule has 0 bridgehead atoms. The van der Waals surface area contributed by atoms with Crippen LogP contribution in [-0.4, -0.2) is 54.3 Å². The summed E-state index contributed by atoms with van der Waals surface area (Å²) in [6, 6.07) is 0.0708. The van der Waals surface area contributed by atoms with Crippen molar-refractivity contribution in [3.63, 3.8) is 0 Å². The van der Waals surface area contributed by atoms with Crippen molar-refractivity contribution >= 4 is 33.5 Å². The van der Waals surface area contributed by atoms with E-state index in [2.05, 4.69) is 57.2 Å². The number of likely N-dealkylation sites (tertiary alicyclic amines) is 1. The molecular weight excluding hydrogens is 388 g/mol. The second-order valence-electron chi connectivity index (χ2n) is 7.58. The van der Waals surface area contributed by atoms with Gasteiger partial charge in [0.25, 0.3) is 0 Å². The number of fused-ring (bicyclic) bond motifs is 1. The lowest BCUT2D eigenvalue weighted by atomic mass is 9.79. The molecule has 3 heterocycles. The van der Waals surface area contributed by atoms with Crippen LogP contribution in [0.3, 0.4) is 0 Å². The first-order valence-electron chi connectivity index (χ1n) is 8.31. The van der Waals surface area contributed by atoms with E-state index in [4.69, 9.17) is 0 Å². The highest BCUT2D eigenvalue weighted by molar-refractivity contribution is 9.10. The zero-order valence-corrected chi connectivity index (χ0v) is 16.4. The molecule has 1 fully saturated rings. The van der Waals surface area contributed by atoms with E-state index in [1.807, 2.05) is 17.5 Å². The average molecular weight is 411 g/mol. The maximum atomic E-state index is 11.6. The predicted octanol–water partition coefficient (Wildman–Crippen LogP) is 3.16. The molecule has 2 aromatic rings. The Labute approximate surface area is 154 Å². The van der Waals surface area contributed by atoms with Crippen molar-refractivity contribution in [3.05, 3.63) is 16.6 Å². The minimum absolute atomic E-state index is 0.0565. The van der Waals surface area contributed by atoms with Crippen molar-refractivity contribution in [1.29, 1.82) is 0 Å². The number of amides is 1. The molecule has 0 saturated carbocycles. The third-order valence-electron chi connectivity index (χ3n) is 4.72. The molecule has 2 N–H and O–H groups in total. The summed E-state index contributed by atoms with van der Waals surface area (Å²) in [4.78, 5) is 17.6. The van der Waals surface area contributed by atoms with E-state index in [0.717, 1.165) is 18.7 Å². The van der Waals surface area contributed by atoms with Crippen molar-refractivity contribution in [2.45, 2.75) is 52.6 Å². The van der Waals surface area contributed by atoms with Gasteiger partial charge in [-0.1, -0.05) is 20.8 Å². The summed E-state index contributed by atoms with van der Waals surface area (Å²) < 4.78 is 2.58. The Morgan fingerprint density at radius 3 is 2.76 bits per heavy atom. The molecule has 3 rings (SSSR count). The fourth-order valence-electron chi connectivity index (χ4n) is 3.41. The van der Waals surface area contributed by atoms with Crippen LogP contribution < -0.4 is 5.32 Å². The fraction of sp³-hybridized carbons (Fsp3) is 0.625. The molecule has 0 spiro atoms. The highest BCUT2D eigenvalue weighted by Crippen LogP contribution is 2.33. The van der Waals surface area contributed by atoms with Crippen LogP contribution in [-0.2, 0) is 0 Å². The maximum Gasteiger partial charge on any atom is 0.407 e. The first-order valence-corrected chi connectivity index (χ1v) is 9.10. The molecule has 2 atom stereocenters. The lowest BCUT2D eigenvalue weighted by Gasteiger charge is -2.44. The Morgan fingerprint density at radius 2 is 2.12 bits per heavy atom. The molecule has 8 nitrogen and oxygen atoms in total. The number of aryl methyl sites for hydroxylation is 1. The fourth-order valence-corrected chi connectivity index (χ4v) is 3.80. The third-order valence-corrected chi connectivity index (χ3v) is 5.10. The minimum atomic E-state index is -0.852. The zero-order valence-electron chi connectivity index (χ0n) is 14.8. The van der Waals surface area contributed by atoms with Gasteiger partial charge in [-0.15, -0.1) is 10.2 Å². The molecule has 1 aliphatic heterocycles. The van der Waals surface area contributed by atoms with E-state index in [9.17, 15) is 9.90 Å². The van der Waals surface area contributed by atoms with Gasteiger partial charge in [0.1, 0.15) is 10.4 Å². The minimum Gasteiger partial charge on any atom is -0.465 e. The summed E-state index contributed by atoms with van der Waals surface area (Å²) in [5.41, 5.74) is 0.540. The van der Waals surface area contributed by atoms with E-state index in [0.29, 0.717) is 22.6 Å². The molecule has 1 aliphatic rings. The monoisotopic (exact) mass is 410 g/mol. The predicted molar refractivity (Wildman–Crippen MR) is 97.8 cm³/mol. The van der Waals surface area contributed by atoms with Gasteiger partial charge < -0.3 is 15.3 Å². The van der Waals surface area contributed by atoms with E-state index < -0.39 is 6.09 Å². The Balaban J connectivity index is 1.86. The molecular formula is C16H23BrN6O2. The number of carbonyl (C=O) groups is 1. The molecule has 1 amide bonds. The number of nitrogens with one attached hydrogen (secondary N) is 1. The summed E-state index contributed by atoms with van der Waals surface area (Å²) >= 11 is 3.43. The number of hydrogen-bond donors (Lipinski definition) is 2. The maximum absolute atomic E-state index is 11.6. The van der Waals surface area contributed by atoms with Crippen molar-refractivity contribution in [1.82, 2.24) is 24.5 Å². The van der Waals surface area contributed by atoms with Crippen LogP contribution in [0.25, 0.3) is 5.65 Å². The molecule has 1 saturated heterocycles. The molecule has 25 heavy (non-hydrogen) atoms. The topological polar surface area (TPSA) is 95.7 Å². The van der Waals surface area contributed by atoms with Gasteiger partial charge in [0.2, 0.25) is 5.65 Å². The van der Waals surface area contributed by atoms with Gasteiger partial charge in [0.05, 0.1) is 0 Å². The van der Waals surface area contributed by atoms with Gasteiger partial charge in [-0.2, -0.15) is 0 Å². The number of rotatable bonds is 2. The van der Waals surface area contributed by atoms with Crippen LogP contribution in [0.1, 0.15) is 39.4 Å². The lowest BCUT2D eigenvalue weighted by molar-refractivity contribution is 0.0557. The first-order chi connectivity index (χ1) is 11.7. The summed E-state index contributed by atoms with van der Waals surface area (Å²) in [7, 11) is 0. The van der Waals surface area contributed by atoms with E-state index in [1.165, 1.54) is 0 Å². The Bertz CT molecular complexity index is 800. The Morgan fingerprint density at radius 1 is 1.40 bits per heavy atom. The normalized spacial score (nSPS) is 21.6. The van der Waals surface area contributed by atoms with Crippen molar-refractivity contribution in [3.8, 4) is 0 Å². The van der Waals surface area contributed by atoms with Crippen LogP contribution in [0.15, 0.2) is 10.8 Å². The highest BCUT2D eigenvalue weighted by atomic mass is 79.9. The zero-order chi connectivity index (χ0) is 18.4. The lowest BCUT2D eigenvalue weighted by Crippen LogP contribution is -2.54. The number of carboxylic acid groups (broad SMARTS) is 1. The number of halogens is 1. The second-order valence-corrected chi connectivity index (χ2v) is 8.39. The van der Waals surface area contributed by atoms with Gasteiger partial charge in [-0.25, -0.2) is 9.78 Å². The smallest absolute Gasteiger partial charge is 0.407 e. The van der Waals surface area contributed by atoms with E-state index in [-0.39, 0.29) is 17.5 Å². The molecule has 0 aromatic carbocycles. The average Bonchev–Trinajstić information content (AvgIpc) is 2.87. The Kier molecular flexibility index (Phi) is 4.61. The second kappa shape index (κ2) is 6.44. The summed E-state index contributed by atoms with van der Waals surface area (Å²) in [6.07, 6.45) is 2.44. The Hall–Kier alpha value is -1.90. The van der Waals surface area contributed by atoms with Crippen molar-refractivity contribution in [2.24, 2.45) is 5.41 Å². The number of anilines is 1. The van der Waals surface area contributed by atoms with Gasteiger partial charge in [-0.05, 0) is 41.1 Å². The number of aromatic nitrogens is 4. The largest absolute Gasteiger partial charge is 0.465 e. The van der Waals surface area contributed by atoms with Crippen LogP contribution >= 0.6 is 15.9 Å². The van der Waals surface area contributed by atoms with Crippen LogP contribution in [0.4, 0.5) is 10.6 Å². The molecule has 0 aliphatic carbocycles. The van der Waals surface area contributed by atoms with E-state index >= 15 is 0 Å². The molecule has 0 radical (unpaired) electrons. The summed E-state index contributed by atoms with van der Waals surface area (Å²) in [6.45, 7) is 8.62. The highest BCUT2D eigenvalue weighted by Gasteiger charge is 2.38. The van der Waals surface area contributed by atoms with E-state index in [1.54, 1.807) is 4.90 Å². The summed E-state index contributed by atoms with van der Waals surface area (Å²) in [5, 5.41) is 21.3. The third kappa shape index (κ3) is 3.56. The SMILES string of the molecule is Cc1nnc2c(NC3CCN(C(=O)O)C(C(C)(C)C)C3)nc(Br)cn12. The summed E-state index contributed by atoms with van der Waals surface area (Å²) in [5.74, 6) is 1.45. The van der Waals surface area contributed by atoms with Gasteiger partial charge >= 0.3 is 6.09 Å². The standard InChI is InChI=1S/C16H23BrN6O2/c1-9-20-21-14-13(19-12(17)8-23(9)14)18-10-5-6-22(15(24)25)11(7-10)16(2,3)4/h8,10-11H,5-7H2,1-4H3,(H,18,19)(H,24,25). The molecule has 136 valence electrons. The quantitative estimate of drug-likeness (QED) is 0.788. The number of piperidine rings is 1. The van der Waals surface area contributed by atoms with Crippen molar-refractivity contribution in [2.75, 3.05) is 11.9 Å². The van der Waals surface area contributed by atoms with Gasteiger partial charge in [0.15, 0.2) is 5.82 Å². The van der Waals surface area contributed by atoms with Crippen LogP contribution in [0, 0.1) is 12.3 Å². The first kappa shape index (κ1) is 17.9. The molecule has 2 aromatic heterocycles. The molecule has 2 unspecified atom stereocenters. The number of hydrogen-bond acceptors (Lipinski definition) is 5. The number of nitrogens with zero attached hydrogens (tertiary/aromatic N) is 5. The van der Waals surface area contributed by atoms with Gasteiger partial charge in [-0.3, -0.25) is 4.40 Å². The van der Waals surface area contributed by atoms with Gasteiger partial charge in [0, 0.05) is 24.8 Å². The molecule has 9 heteroatoms. The van der Waals surface area contributed by atoms with Crippen LogP contribution in [0.2, 0.25) is 0 Å². The van der Waals surface area contributed by atoms with Crippen LogP contribution in [0.5, 0.6) is 0 Å². The van der Waals surface area contributed by atoms with Crippen molar-refractivity contribution < 1.29 is 9.90 Å².